The number of benzene rings is 2. The van der Waals surface area contributed by atoms with Crippen molar-refractivity contribution >= 4 is 17.8 Å². The lowest BCUT2D eigenvalue weighted by molar-refractivity contribution is -0.386. The Morgan fingerprint density at radius 1 is 1.36 bits per heavy atom. The van der Waals surface area contributed by atoms with Gasteiger partial charge in [-0.2, -0.15) is 18.3 Å². The van der Waals surface area contributed by atoms with Crippen LogP contribution in [-0.2, 0) is 17.4 Å². The van der Waals surface area contributed by atoms with Crippen LogP contribution >= 0.6 is 0 Å². The lowest BCUT2D eigenvalue weighted by Crippen LogP contribution is -2.20. The summed E-state index contributed by atoms with van der Waals surface area (Å²) >= 11 is 0. The molecule has 0 spiro atoms. The second-order valence-electron chi connectivity index (χ2n) is 5.52. The molecule has 2 aromatic rings. The molecule has 0 heterocycles. The standard InChI is InChI=1S/C17H14F3N3O5/c1-28-14-7-11(6-13(16(14)25)23(26)27)9-21-22-15(24)8-10-3-2-4-12(5-10)17(18,19)20/h2-7,9,25H,8H2,1H3,(H,22,24). The molecule has 2 aromatic carbocycles. The summed E-state index contributed by atoms with van der Waals surface area (Å²) in [6.07, 6.45) is -3.80. The monoisotopic (exact) mass is 397 g/mol. The number of hydrogen-bond donors (Lipinski definition) is 2. The van der Waals surface area contributed by atoms with Crippen molar-refractivity contribution in [3.05, 3.63) is 63.2 Å². The van der Waals surface area contributed by atoms with E-state index in [1.807, 2.05) is 0 Å². The van der Waals surface area contributed by atoms with Crippen molar-refractivity contribution < 1.29 is 32.7 Å². The summed E-state index contributed by atoms with van der Waals surface area (Å²) in [7, 11) is 1.20. The minimum absolute atomic E-state index is 0.143. The van der Waals surface area contributed by atoms with E-state index in [1.54, 1.807) is 0 Å². The number of hydrazone groups is 1. The maximum Gasteiger partial charge on any atom is 0.416 e. The predicted octanol–water partition coefficient (Wildman–Crippen LogP) is 3.02. The number of carbonyl (C=O) groups excluding carboxylic acids is 1. The highest BCUT2D eigenvalue weighted by molar-refractivity contribution is 5.85. The molecule has 0 aliphatic carbocycles. The maximum absolute atomic E-state index is 12.7. The van der Waals surface area contributed by atoms with Crippen LogP contribution in [0.25, 0.3) is 0 Å². The predicted molar refractivity (Wildman–Crippen MR) is 92.2 cm³/mol. The molecule has 2 rings (SSSR count). The van der Waals surface area contributed by atoms with E-state index in [0.717, 1.165) is 24.4 Å². The summed E-state index contributed by atoms with van der Waals surface area (Å²) in [5.41, 5.74) is 0.926. The fraction of sp³-hybridized carbons (Fsp3) is 0.176. The Balaban J connectivity index is 2.08. The first-order valence-corrected chi connectivity index (χ1v) is 7.65. The molecule has 1 amide bonds. The first-order valence-electron chi connectivity index (χ1n) is 7.65. The number of phenolic OH excluding ortho intramolecular Hbond substituents is 1. The second kappa shape index (κ2) is 8.37. The van der Waals surface area contributed by atoms with Gasteiger partial charge in [-0.3, -0.25) is 14.9 Å². The molecule has 0 aliphatic heterocycles. The molecular formula is C17H14F3N3O5. The van der Waals surface area contributed by atoms with Gasteiger partial charge in [0.25, 0.3) is 0 Å². The summed E-state index contributed by atoms with van der Waals surface area (Å²) in [6, 6.07) is 6.58. The zero-order valence-electron chi connectivity index (χ0n) is 14.4. The third-order valence-electron chi connectivity index (χ3n) is 3.52. The summed E-state index contributed by atoms with van der Waals surface area (Å²) in [6.45, 7) is 0. The zero-order chi connectivity index (χ0) is 20.9. The van der Waals surface area contributed by atoms with Gasteiger partial charge in [0.2, 0.25) is 11.7 Å². The van der Waals surface area contributed by atoms with E-state index in [4.69, 9.17) is 4.74 Å². The Morgan fingerprint density at radius 3 is 2.68 bits per heavy atom. The summed E-state index contributed by atoms with van der Waals surface area (Å²) in [5.74, 6) is -1.50. The number of ether oxygens (including phenoxy) is 1. The van der Waals surface area contributed by atoms with E-state index in [-0.39, 0.29) is 23.3 Å². The van der Waals surface area contributed by atoms with E-state index in [2.05, 4.69) is 10.5 Å². The number of carbonyl (C=O) groups is 1. The summed E-state index contributed by atoms with van der Waals surface area (Å²) < 4.78 is 42.9. The molecule has 28 heavy (non-hydrogen) atoms. The van der Waals surface area contributed by atoms with Crippen LogP contribution in [0.1, 0.15) is 16.7 Å². The van der Waals surface area contributed by atoms with Gasteiger partial charge in [0.1, 0.15) is 0 Å². The Bertz CT molecular complexity index is 929. The van der Waals surface area contributed by atoms with Crippen molar-refractivity contribution in [2.75, 3.05) is 7.11 Å². The van der Waals surface area contributed by atoms with Crippen LogP contribution in [0.2, 0.25) is 0 Å². The molecule has 2 N–H and O–H groups in total. The van der Waals surface area contributed by atoms with Gasteiger partial charge >= 0.3 is 11.9 Å². The minimum atomic E-state index is -4.52. The van der Waals surface area contributed by atoms with Crippen LogP contribution in [0, 0.1) is 10.1 Å². The van der Waals surface area contributed by atoms with Crippen molar-refractivity contribution in [1.82, 2.24) is 5.43 Å². The smallest absolute Gasteiger partial charge is 0.416 e. The molecule has 0 saturated heterocycles. The number of alkyl halides is 3. The first-order chi connectivity index (χ1) is 13.1. The van der Waals surface area contributed by atoms with Gasteiger partial charge in [0, 0.05) is 11.6 Å². The zero-order valence-corrected chi connectivity index (χ0v) is 14.4. The van der Waals surface area contributed by atoms with Crippen LogP contribution in [0.3, 0.4) is 0 Å². The number of halogens is 3. The van der Waals surface area contributed by atoms with Crippen molar-refractivity contribution in [1.29, 1.82) is 0 Å². The normalized spacial score (nSPS) is 11.4. The van der Waals surface area contributed by atoms with Crippen LogP contribution in [0.4, 0.5) is 18.9 Å². The van der Waals surface area contributed by atoms with Crippen molar-refractivity contribution in [2.24, 2.45) is 5.10 Å². The molecule has 0 saturated carbocycles. The fourth-order valence-corrected chi connectivity index (χ4v) is 2.24. The Kier molecular flexibility index (Phi) is 6.18. The van der Waals surface area contributed by atoms with Crippen LogP contribution in [0.5, 0.6) is 11.5 Å². The molecule has 0 fully saturated rings. The molecule has 0 radical (unpaired) electrons. The summed E-state index contributed by atoms with van der Waals surface area (Å²) in [5, 5.41) is 24.2. The van der Waals surface area contributed by atoms with Gasteiger partial charge in [-0.15, -0.1) is 0 Å². The maximum atomic E-state index is 12.7. The highest BCUT2D eigenvalue weighted by Gasteiger charge is 2.30. The lowest BCUT2D eigenvalue weighted by Gasteiger charge is -2.08. The third-order valence-corrected chi connectivity index (χ3v) is 3.52. The average molecular weight is 397 g/mol. The number of phenols is 1. The highest BCUT2D eigenvalue weighted by Crippen LogP contribution is 2.36. The number of amides is 1. The average Bonchev–Trinajstić information content (AvgIpc) is 2.62. The molecule has 148 valence electrons. The van der Waals surface area contributed by atoms with E-state index in [0.29, 0.717) is 0 Å². The highest BCUT2D eigenvalue weighted by atomic mass is 19.4. The number of nitrogens with zero attached hydrogens (tertiary/aromatic N) is 2. The SMILES string of the molecule is COc1cc(C=NNC(=O)Cc2cccc(C(F)(F)F)c2)cc([N+](=O)[O-])c1O. The molecule has 11 heteroatoms. The van der Waals surface area contributed by atoms with Gasteiger partial charge < -0.3 is 9.84 Å². The first kappa shape index (κ1) is 20.7. The third kappa shape index (κ3) is 5.19. The number of hydrogen-bond acceptors (Lipinski definition) is 6. The fourth-order valence-electron chi connectivity index (χ4n) is 2.24. The van der Waals surface area contributed by atoms with Crippen LogP contribution < -0.4 is 10.2 Å². The Labute approximate surface area is 156 Å². The minimum Gasteiger partial charge on any atom is -0.500 e. The quantitative estimate of drug-likeness (QED) is 0.442. The van der Waals surface area contributed by atoms with E-state index < -0.39 is 34.0 Å². The second-order valence-corrected chi connectivity index (χ2v) is 5.52. The number of nitro benzene ring substituents is 1. The largest absolute Gasteiger partial charge is 0.500 e. The molecule has 0 bridgehead atoms. The number of nitrogens with one attached hydrogen (secondary N) is 1. The van der Waals surface area contributed by atoms with Gasteiger partial charge in [-0.25, -0.2) is 5.43 Å². The lowest BCUT2D eigenvalue weighted by atomic mass is 10.1. The number of rotatable bonds is 6. The topological polar surface area (TPSA) is 114 Å². The van der Waals surface area contributed by atoms with Gasteiger partial charge in [-0.05, 0) is 17.7 Å². The molecule has 8 nitrogen and oxygen atoms in total. The van der Waals surface area contributed by atoms with E-state index >= 15 is 0 Å². The summed E-state index contributed by atoms with van der Waals surface area (Å²) in [4.78, 5) is 21.9. The van der Waals surface area contributed by atoms with E-state index in [9.17, 15) is 33.2 Å². The van der Waals surface area contributed by atoms with Gasteiger partial charge in [0.15, 0.2) is 5.75 Å². The van der Waals surface area contributed by atoms with Crippen molar-refractivity contribution in [2.45, 2.75) is 12.6 Å². The molecule has 0 aliphatic rings. The molecule has 0 aromatic heterocycles. The van der Waals surface area contributed by atoms with Gasteiger partial charge in [-0.1, -0.05) is 18.2 Å². The number of aromatic hydroxyl groups is 1. The Morgan fingerprint density at radius 2 is 2.07 bits per heavy atom. The van der Waals surface area contributed by atoms with Crippen LogP contribution in [0.15, 0.2) is 41.5 Å². The van der Waals surface area contributed by atoms with Crippen LogP contribution in [-0.4, -0.2) is 29.3 Å². The number of nitro groups is 1. The van der Waals surface area contributed by atoms with Gasteiger partial charge in [0.05, 0.1) is 30.2 Å². The van der Waals surface area contributed by atoms with Crippen molar-refractivity contribution in [3.63, 3.8) is 0 Å². The van der Waals surface area contributed by atoms with Crippen molar-refractivity contribution in [3.8, 4) is 11.5 Å². The molecular weight excluding hydrogens is 383 g/mol. The van der Waals surface area contributed by atoms with E-state index in [1.165, 1.54) is 25.3 Å². The molecule has 0 atom stereocenters. The number of methoxy groups -OCH3 is 1. The molecule has 0 unspecified atom stereocenters. The Hall–Kier alpha value is -3.63.